The zero-order valence-electron chi connectivity index (χ0n) is 12.1. The van der Waals surface area contributed by atoms with E-state index in [1.807, 2.05) is 33.2 Å². The molecule has 0 saturated heterocycles. The van der Waals surface area contributed by atoms with Crippen LogP contribution in [-0.2, 0) is 11.3 Å². The number of rotatable bonds is 8. The third-order valence-corrected chi connectivity index (χ3v) is 2.53. The van der Waals surface area contributed by atoms with Crippen LogP contribution >= 0.6 is 0 Å². The molecule has 0 amide bonds. The number of nitrogens with zero attached hydrogens (tertiary/aromatic N) is 1. The van der Waals surface area contributed by atoms with Gasteiger partial charge in [-0.3, -0.25) is 5.41 Å². The van der Waals surface area contributed by atoms with E-state index in [-0.39, 0.29) is 0 Å². The van der Waals surface area contributed by atoms with Gasteiger partial charge < -0.3 is 14.4 Å². The number of hydrogen-bond acceptors (Lipinski definition) is 4. The van der Waals surface area contributed by atoms with Crippen molar-refractivity contribution in [3.63, 3.8) is 0 Å². The second-order valence-corrected chi connectivity index (χ2v) is 4.69. The van der Waals surface area contributed by atoms with Gasteiger partial charge in [-0.25, -0.2) is 0 Å². The zero-order valence-corrected chi connectivity index (χ0v) is 12.1. The summed E-state index contributed by atoms with van der Waals surface area (Å²) in [5.74, 6) is 1.23. The van der Waals surface area contributed by atoms with Crippen molar-refractivity contribution >= 4 is 5.90 Å². The molecular weight excluding hydrogens is 240 g/mol. The third-order valence-electron chi connectivity index (χ3n) is 2.53. The minimum absolute atomic E-state index is 0.340. The Morgan fingerprint density at radius 1 is 1.32 bits per heavy atom. The molecule has 19 heavy (non-hydrogen) atoms. The van der Waals surface area contributed by atoms with Crippen molar-refractivity contribution in [2.45, 2.75) is 26.3 Å². The Hall–Kier alpha value is -1.55. The third kappa shape index (κ3) is 6.82. The minimum atomic E-state index is 0.340. The Kier molecular flexibility index (Phi) is 6.97. The van der Waals surface area contributed by atoms with Crippen LogP contribution in [0.1, 0.15) is 25.3 Å². The predicted octanol–water partition coefficient (Wildman–Crippen LogP) is 2.92. The second-order valence-electron chi connectivity index (χ2n) is 4.69. The summed E-state index contributed by atoms with van der Waals surface area (Å²) < 4.78 is 10.8. The van der Waals surface area contributed by atoms with E-state index in [1.54, 1.807) is 0 Å². The van der Waals surface area contributed by atoms with Crippen molar-refractivity contribution in [3.05, 3.63) is 29.8 Å². The van der Waals surface area contributed by atoms with E-state index in [0.29, 0.717) is 25.5 Å². The van der Waals surface area contributed by atoms with Gasteiger partial charge in [0.05, 0.1) is 13.2 Å². The molecule has 0 unspecified atom stereocenters. The van der Waals surface area contributed by atoms with Gasteiger partial charge in [-0.2, -0.15) is 0 Å². The van der Waals surface area contributed by atoms with Crippen LogP contribution in [0.25, 0.3) is 0 Å². The van der Waals surface area contributed by atoms with Crippen molar-refractivity contribution in [3.8, 4) is 5.75 Å². The molecule has 4 heteroatoms. The van der Waals surface area contributed by atoms with Crippen LogP contribution in [0.4, 0.5) is 0 Å². The van der Waals surface area contributed by atoms with Crippen molar-refractivity contribution in [1.82, 2.24) is 4.90 Å². The summed E-state index contributed by atoms with van der Waals surface area (Å²) in [5, 5.41) is 7.50. The van der Waals surface area contributed by atoms with Crippen LogP contribution in [0, 0.1) is 5.41 Å². The van der Waals surface area contributed by atoms with Crippen molar-refractivity contribution in [1.29, 1.82) is 5.41 Å². The van der Waals surface area contributed by atoms with Gasteiger partial charge in [-0.15, -0.1) is 0 Å². The maximum absolute atomic E-state index is 7.50. The molecule has 0 aliphatic heterocycles. The van der Waals surface area contributed by atoms with Gasteiger partial charge in [0.15, 0.2) is 5.90 Å². The fourth-order valence-electron chi connectivity index (χ4n) is 1.77. The molecule has 0 aliphatic rings. The van der Waals surface area contributed by atoms with Crippen LogP contribution in [0.3, 0.4) is 0 Å². The second kappa shape index (κ2) is 8.53. The first kappa shape index (κ1) is 15.5. The molecule has 0 aliphatic carbocycles. The van der Waals surface area contributed by atoms with Crippen molar-refractivity contribution < 1.29 is 9.47 Å². The van der Waals surface area contributed by atoms with E-state index >= 15 is 0 Å². The Morgan fingerprint density at radius 2 is 2.11 bits per heavy atom. The topological polar surface area (TPSA) is 45.6 Å². The van der Waals surface area contributed by atoms with Crippen molar-refractivity contribution in [2.24, 2.45) is 0 Å². The van der Waals surface area contributed by atoms with E-state index < -0.39 is 0 Å². The van der Waals surface area contributed by atoms with Crippen LogP contribution in [-0.4, -0.2) is 38.1 Å². The summed E-state index contributed by atoms with van der Waals surface area (Å²) in [5.41, 5.74) is 1.24. The molecule has 0 heterocycles. The highest BCUT2D eigenvalue weighted by Gasteiger charge is 2.00. The highest BCUT2D eigenvalue weighted by molar-refractivity contribution is 5.72. The molecule has 1 N–H and O–H groups in total. The lowest BCUT2D eigenvalue weighted by atomic mass is 10.2. The normalized spacial score (nSPS) is 10.5. The Morgan fingerprint density at radius 3 is 2.79 bits per heavy atom. The molecule has 4 nitrogen and oxygen atoms in total. The summed E-state index contributed by atoms with van der Waals surface area (Å²) in [6.45, 7) is 3.97. The average Bonchev–Trinajstić information content (AvgIpc) is 2.35. The molecule has 0 aromatic heterocycles. The van der Waals surface area contributed by atoms with E-state index in [9.17, 15) is 0 Å². The Labute approximate surface area is 115 Å². The lowest BCUT2D eigenvalue weighted by Gasteiger charge is -2.11. The molecule has 106 valence electrons. The van der Waals surface area contributed by atoms with Gasteiger partial charge in [-0.05, 0) is 45.1 Å². The number of hydrogen-bond donors (Lipinski definition) is 1. The number of nitrogens with one attached hydrogen (secondary N) is 1. The van der Waals surface area contributed by atoms with Gasteiger partial charge in [0.2, 0.25) is 0 Å². The molecule has 0 radical (unpaired) electrons. The lowest BCUT2D eigenvalue weighted by Crippen LogP contribution is -2.10. The number of benzene rings is 1. The molecule has 0 fully saturated rings. The smallest absolute Gasteiger partial charge is 0.180 e. The molecule has 1 rings (SSSR count). The first-order chi connectivity index (χ1) is 9.11. The maximum Gasteiger partial charge on any atom is 0.180 e. The summed E-state index contributed by atoms with van der Waals surface area (Å²) in [6, 6.07) is 8.13. The quantitative estimate of drug-likeness (QED) is 0.446. The van der Waals surface area contributed by atoms with Gasteiger partial charge in [0, 0.05) is 13.0 Å². The SMILES string of the molecule is CCOC(=N)CCCOc1cccc(CN(C)C)c1. The highest BCUT2D eigenvalue weighted by atomic mass is 16.5. The number of ether oxygens (including phenoxy) is 2. The monoisotopic (exact) mass is 264 g/mol. The Bertz CT molecular complexity index is 391. The zero-order chi connectivity index (χ0) is 14.1. The highest BCUT2D eigenvalue weighted by Crippen LogP contribution is 2.14. The molecule has 0 bridgehead atoms. The predicted molar refractivity (Wildman–Crippen MR) is 77.9 cm³/mol. The Balaban J connectivity index is 2.31. The summed E-state index contributed by atoms with van der Waals surface area (Å²) in [7, 11) is 4.10. The van der Waals surface area contributed by atoms with Crippen LogP contribution in [0.2, 0.25) is 0 Å². The maximum atomic E-state index is 7.50. The van der Waals surface area contributed by atoms with Gasteiger partial charge in [0.1, 0.15) is 5.75 Å². The van der Waals surface area contributed by atoms with E-state index in [4.69, 9.17) is 14.9 Å². The van der Waals surface area contributed by atoms with Gasteiger partial charge in [0.25, 0.3) is 0 Å². The largest absolute Gasteiger partial charge is 0.494 e. The average molecular weight is 264 g/mol. The molecule has 0 atom stereocenters. The fourth-order valence-corrected chi connectivity index (χ4v) is 1.77. The summed E-state index contributed by atoms with van der Waals surface area (Å²) in [4.78, 5) is 2.13. The van der Waals surface area contributed by atoms with Crippen molar-refractivity contribution in [2.75, 3.05) is 27.3 Å². The fraction of sp³-hybridized carbons (Fsp3) is 0.533. The van der Waals surface area contributed by atoms with Crippen LogP contribution in [0.5, 0.6) is 5.75 Å². The molecule has 0 spiro atoms. The summed E-state index contributed by atoms with van der Waals surface area (Å²) in [6.07, 6.45) is 1.43. The van der Waals surface area contributed by atoms with E-state index in [2.05, 4.69) is 17.0 Å². The lowest BCUT2D eigenvalue weighted by molar-refractivity contribution is 0.289. The molecule has 0 saturated carbocycles. The minimum Gasteiger partial charge on any atom is -0.494 e. The standard InChI is InChI=1S/C15H24N2O2/c1-4-18-15(16)9-6-10-19-14-8-5-7-13(11-14)12-17(2)3/h5,7-8,11,16H,4,6,9-10,12H2,1-3H3. The molecule has 1 aromatic rings. The first-order valence-electron chi connectivity index (χ1n) is 6.68. The van der Waals surface area contributed by atoms with E-state index in [0.717, 1.165) is 18.7 Å². The van der Waals surface area contributed by atoms with Gasteiger partial charge >= 0.3 is 0 Å². The molecular formula is C15H24N2O2. The van der Waals surface area contributed by atoms with E-state index in [1.165, 1.54) is 5.56 Å². The summed E-state index contributed by atoms with van der Waals surface area (Å²) >= 11 is 0. The van der Waals surface area contributed by atoms with Crippen LogP contribution in [0.15, 0.2) is 24.3 Å². The van der Waals surface area contributed by atoms with Crippen LogP contribution < -0.4 is 4.74 Å². The molecule has 1 aromatic carbocycles. The van der Waals surface area contributed by atoms with Gasteiger partial charge in [-0.1, -0.05) is 12.1 Å². The first-order valence-corrected chi connectivity index (χ1v) is 6.68.